The van der Waals surface area contributed by atoms with Crippen LogP contribution < -0.4 is 0 Å². The van der Waals surface area contributed by atoms with Gasteiger partial charge in [-0.2, -0.15) is 0 Å². The maximum atomic E-state index is 14.9. The number of hydrogen-bond donors (Lipinski definition) is 1. The van der Waals surface area contributed by atoms with Crippen LogP contribution in [0.4, 0.5) is 0 Å². The molecule has 3 rings (SSSR count). The summed E-state index contributed by atoms with van der Waals surface area (Å²) >= 11 is 0. The number of nitrogens with zero attached hydrogens (tertiary/aromatic N) is 2. The van der Waals surface area contributed by atoms with E-state index in [1.54, 1.807) is 17.9 Å². The molecule has 0 aromatic heterocycles. The molecule has 1 N–H and O–H groups in total. The lowest BCUT2D eigenvalue weighted by Gasteiger charge is -2.46. The Kier molecular flexibility index (Phi) is 8.76. The minimum atomic E-state index is -1.18. The Morgan fingerprint density at radius 1 is 1.28 bits per heavy atom. The van der Waals surface area contributed by atoms with E-state index in [0.29, 0.717) is 19.4 Å². The Morgan fingerprint density at radius 2 is 1.90 bits per heavy atom. The van der Waals surface area contributed by atoms with E-state index in [1.807, 2.05) is 46.4 Å². The molecule has 3 heterocycles. The number of esters is 1. The fourth-order valence-corrected chi connectivity index (χ4v) is 8.07. The molecule has 7 atom stereocenters. The zero-order chi connectivity index (χ0) is 29.7. The van der Waals surface area contributed by atoms with E-state index in [0.717, 1.165) is 6.42 Å². The Hall–Kier alpha value is -1.93. The van der Waals surface area contributed by atoms with Crippen molar-refractivity contribution in [2.75, 3.05) is 19.8 Å². The van der Waals surface area contributed by atoms with E-state index in [1.165, 1.54) is 0 Å². The van der Waals surface area contributed by atoms with E-state index in [2.05, 4.69) is 27.4 Å². The molecule has 3 fully saturated rings. The Labute approximate surface area is 235 Å². The van der Waals surface area contributed by atoms with Gasteiger partial charge in [0, 0.05) is 12.1 Å². The maximum Gasteiger partial charge on any atom is 0.312 e. The number of carbonyl (C=O) groups excluding carboxylic acids is 3. The third-order valence-electron chi connectivity index (χ3n) is 9.15. The van der Waals surface area contributed by atoms with Crippen LogP contribution in [0, 0.1) is 29.1 Å². The van der Waals surface area contributed by atoms with Crippen molar-refractivity contribution in [1.29, 1.82) is 0 Å². The second kappa shape index (κ2) is 10.8. The first kappa shape index (κ1) is 31.6. The number of hydrogen-bond acceptors (Lipinski definition) is 6. The van der Waals surface area contributed by atoms with Gasteiger partial charge < -0.3 is 24.4 Å². The van der Waals surface area contributed by atoms with Gasteiger partial charge in [-0.05, 0) is 64.2 Å². The minimum Gasteiger partial charge on any atom is -0.466 e. The zero-order valence-corrected chi connectivity index (χ0v) is 25.9. The van der Waals surface area contributed by atoms with Crippen LogP contribution in [0.1, 0.15) is 88.5 Å². The molecule has 8 nitrogen and oxygen atoms in total. The normalized spacial score (nSPS) is 32.9. The summed E-state index contributed by atoms with van der Waals surface area (Å²) in [5.74, 6) is -2.52. The average Bonchev–Trinajstić information content (AvgIpc) is 3.30. The highest BCUT2D eigenvalue weighted by Gasteiger charge is 2.81. The van der Waals surface area contributed by atoms with Gasteiger partial charge in [0.1, 0.15) is 17.6 Å². The molecule has 2 amide bonds. The smallest absolute Gasteiger partial charge is 0.312 e. The Balaban J connectivity index is 2.22. The van der Waals surface area contributed by atoms with Gasteiger partial charge in [-0.3, -0.25) is 14.4 Å². The summed E-state index contributed by atoms with van der Waals surface area (Å²) in [5, 5.41) is 10.5. The molecule has 3 saturated heterocycles. The van der Waals surface area contributed by atoms with Crippen molar-refractivity contribution in [3.63, 3.8) is 0 Å². The van der Waals surface area contributed by atoms with Crippen molar-refractivity contribution in [1.82, 2.24) is 9.80 Å². The lowest BCUT2D eigenvalue weighted by atomic mass is 9.62. The van der Waals surface area contributed by atoms with E-state index in [9.17, 15) is 19.5 Å². The molecule has 3 unspecified atom stereocenters. The van der Waals surface area contributed by atoms with Gasteiger partial charge in [0.25, 0.3) is 0 Å². The molecular weight excluding hydrogens is 496 g/mol. The standard InChI is InChI=1S/C31H52N2O6/c1-12-14-32(29(9,10)18-28(6,7)8)26(36)24-31-16-20(5)30(11,39-31)23(27(37)38-13-2)22(31)25(35)33(24)21(17-34)15-19(3)4/h12,19-24,34H,1,13-18H2,2-11H3/t20?,21-,22+,23-,24?,30+,31?/m1/s1. The lowest BCUT2D eigenvalue weighted by Crippen LogP contribution is -2.62. The minimum absolute atomic E-state index is 0.0558. The fourth-order valence-electron chi connectivity index (χ4n) is 8.07. The van der Waals surface area contributed by atoms with Gasteiger partial charge in [-0.15, -0.1) is 6.58 Å². The molecular formula is C31H52N2O6. The SMILES string of the molecule is C=CCN(C(=O)C1N([C@@H](CO)CC(C)C)C(=O)[C@@H]2[C@H](C(=O)OCC)[C@@]3(C)OC12CC3C)C(C)(C)CC(C)(C)C. The number of likely N-dealkylation sites (tertiary alicyclic amines) is 1. The predicted octanol–water partition coefficient (Wildman–Crippen LogP) is 4.20. The number of fused-ring (bicyclic) bond motifs is 1. The summed E-state index contributed by atoms with van der Waals surface area (Å²) in [6, 6.07) is -1.54. The summed E-state index contributed by atoms with van der Waals surface area (Å²) in [5.41, 5.74) is -2.71. The summed E-state index contributed by atoms with van der Waals surface area (Å²) in [6.45, 7) is 24.4. The molecule has 0 saturated carbocycles. The van der Waals surface area contributed by atoms with Crippen LogP contribution >= 0.6 is 0 Å². The quantitative estimate of drug-likeness (QED) is 0.307. The van der Waals surface area contributed by atoms with Crippen molar-refractivity contribution in [3.05, 3.63) is 12.7 Å². The summed E-state index contributed by atoms with van der Waals surface area (Å²) in [4.78, 5) is 46.1. The fraction of sp³-hybridized carbons (Fsp3) is 0.839. The van der Waals surface area contributed by atoms with E-state index in [4.69, 9.17) is 9.47 Å². The highest BCUT2D eigenvalue weighted by Crippen LogP contribution is 2.66. The highest BCUT2D eigenvalue weighted by molar-refractivity contribution is 5.99. The molecule has 3 aliphatic heterocycles. The third-order valence-corrected chi connectivity index (χ3v) is 9.15. The first-order chi connectivity index (χ1) is 17.9. The molecule has 0 aromatic carbocycles. The molecule has 0 radical (unpaired) electrons. The molecule has 2 bridgehead atoms. The Morgan fingerprint density at radius 3 is 2.38 bits per heavy atom. The van der Waals surface area contributed by atoms with Gasteiger partial charge in [-0.25, -0.2) is 0 Å². The van der Waals surface area contributed by atoms with Crippen LogP contribution in [0.15, 0.2) is 12.7 Å². The second-order valence-corrected chi connectivity index (χ2v) is 14.5. The summed E-state index contributed by atoms with van der Waals surface area (Å²) < 4.78 is 12.3. The summed E-state index contributed by atoms with van der Waals surface area (Å²) in [6.07, 6.45) is 3.45. The van der Waals surface area contributed by atoms with Crippen LogP contribution in [0.2, 0.25) is 0 Å². The van der Waals surface area contributed by atoms with Crippen LogP contribution in [0.5, 0.6) is 0 Å². The van der Waals surface area contributed by atoms with E-state index in [-0.39, 0.29) is 42.3 Å². The largest absolute Gasteiger partial charge is 0.466 e. The monoisotopic (exact) mass is 548 g/mol. The van der Waals surface area contributed by atoms with Crippen LogP contribution in [-0.2, 0) is 23.9 Å². The average molecular weight is 549 g/mol. The molecule has 39 heavy (non-hydrogen) atoms. The van der Waals surface area contributed by atoms with E-state index < -0.39 is 46.6 Å². The van der Waals surface area contributed by atoms with E-state index >= 15 is 0 Å². The third kappa shape index (κ3) is 5.28. The summed E-state index contributed by atoms with van der Waals surface area (Å²) in [7, 11) is 0. The number of rotatable bonds is 11. The molecule has 0 aromatic rings. The van der Waals surface area contributed by atoms with Crippen LogP contribution in [0.3, 0.4) is 0 Å². The van der Waals surface area contributed by atoms with Crippen molar-refractivity contribution in [3.8, 4) is 0 Å². The molecule has 3 aliphatic rings. The Bertz CT molecular complexity index is 971. The number of aliphatic hydroxyl groups is 1. The lowest BCUT2D eigenvalue weighted by molar-refractivity contribution is -0.165. The molecule has 1 spiro atoms. The van der Waals surface area contributed by atoms with Gasteiger partial charge in [-0.1, -0.05) is 47.6 Å². The van der Waals surface area contributed by atoms with Gasteiger partial charge >= 0.3 is 5.97 Å². The van der Waals surface area contributed by atoms with Crippen molar-refractivity contribution in [2.45, 2.75) is 117 Å². The molecule has 8 heteroatoms. The zero-order valence-electron chi connectivity index (χ0n) is 25.9. The second-order valence-electron chi connectivity index (χ2n) is 14.5. The van der Waals surface area contributed by atoms with Gasteiger partial charge in [0.05, 0.1) is 30.8 Å². The number of ether oxygens (including phenoxy) is 2. The van der Waals surface area contributed by atoms with Crippen molar-refractivity contribution >= 4 is 17.8 Å². The van der Waals surface area contributed by atoms with Crippen LogP contribution in [0.25, 0.3) is 0 Å². The first-order valence-electron chi connectivity index (χ1n) is 14.6. The number of aliphatic hydroxyl groups excluding tert-OH is 1. The van der Waals surface area contributed by atoms with Crippen LogP contribution in [-0.4, -0.2) is 81.3 Å². The highest BCUT2D eigenvalue weighted by atomic mass is 16.6. The number of carbonyl (C=O) groups is 3. The van der Waals surface area contributed by atoms with Gasteiger partial charge in [0.2, 0.25) is 11.8 Å². The number of amides is 2. The first-order valence-corrected chi connectivity index (χ1v) is 14.6. The molecule has 222 valence electrons. The maximum absolute atomic E-state index is 14.9. The topological polar surface area (TPSA) is 96.4 Å². The van der Waals surface area contributed by atoms with Crippen molar-refractivity contribution in [2.24, 2.45) is 29.1 Å². The van der Waals surface area contributed by atoms with Gasteiger partial charge in [0.15, 0.2) is 0 Å². The molecule has 0 aliphatic carbocycles. The predicted molar refractivity (Wildman–Crippen MR) is 151 cm³/mol. The van der Waals surface area contributed by atoms with Crippen molar-refractivity contribution < 1.29 is 29.0 Å².